The molecule has 0 N–H and O–H groups in total. The second kappa shape index (κ2) is 9.98. The molecule has 4 heterocycles. The molecule has 180 valence electrons. The molecule has 0 radical (unpaired) electrons. The van der Waals surface area contributed by atoms with Crippen molar-refractivity contribution in [2.24, 2.45) is 7.05 Å². The summed E-state index contributed by atoms with van der Waals surface area (Å²) in [6, 6.07) is 9.06. The predicted molar refractivity (Wildman–Crippen MR) is 135 cm³/mol. The normalized spacial score (nSPS) is 19.9. The highest BCUT2D eigenvalue weighted by Crippen LogP contribution is 2.34. The van der Waals surface area contributed by atoms with Crippen LogP contribution >= 0.6 is 0 Å². The molecule has 0 spiro atoms. The third-order valence-electron chi connectivity index (χ3n) is 7.35. The Labute approximate surface area is 201 Å². The van der Waals surface area contributed by atoms with Crippen molar-refractivity contribution >= 4 is 16.7 Å². The van der Waals surface area contributed by atoms with Crippen LogP contribution in [0, 0.1) is 11.3 Å². The molecule has 1 aliphatic rings. The van der Waals surface area contributed by atoms with Crippen molar-refractivity contribution < 1.29 is 0 Å². The lowest BCUT2D eigenvalue weighted by atomic mass is 9.97. The molecule has 8 heteroatoms. The molecule has 4 rings (SSSR count). The molecule has 1 fully saturated rings. The van der Waals surface area contributed by atoms with Gasteiger partial charge in [0.15, 0.2) is 0 Å². The van der Waals surface area contributed by atoms with E-state index in [9.17, 15) is 4.79 Å². The van der Waals surface area contributed by atoms with Crippen molar-refractivity contribution in [3.05, 3.63) is 52.2 Å². The van der Waals surface area contributed by atoms with E-state index in [1.807, 2.05) is 6.20 Å². The van der Waals surface area contributed by atoms with Crippen molar-refractivity contribution in [1.82, 2.24) is 24.2 Å². The number of aromatic nitrogens is 4. The number of aryl methyl sites for hydroxylation is 2. The maximum Gasteiger partial charge on any atom is 0.252 e. The number of nitriles is 1. The SMILES string of the molecule is CCc1ccc([C@@H](C)N2C[C@H](CC)N(c3cc(=O)n(C)c4cn(CC#N)nc34)C[C@H]2CC)cn1. The average molecular weight is 462 g/mol. The second-order valence-corrected chi connectivity index (χ2v) is 9.23. The first kappa shape index (κ1) is 24.0. The Balaban J connectivity index is 1.70. The highest BCUT2D eigenvalue weighted by molar-refractivity contribution is 5.88. The van der Waals surface area contributed by atoms with E-state index < -0.39 is 0 Å². The fraction of sp³-hybridized carbons (Fsp3) is 0.538. The highest BCUT2D eigenvalue weighted by Gasteiger charge is 2.36. The molecule has 1 saturated heterocycles. The number of fused-ring (bicyclic) bond motifs is 1. The summed E-state index contributed by atoms with van der Waals surface area (Å²) < 4.78 is 3.24. The van der Waals surface area contributed by atoms with Crippen molar-refractivity contribution in [2.75, 3.05) is 18.0 Å². The first-order valence-corrected chi connectivity index (χ1v) is 12.3. The van der Waals surface area contributed by atoms with Crippen LogP contribution in [0.5, 0.6) is 0 Å². The lowest BCUT2D eigenvalue weighted by Crippen LogP contribution is -2.58. The Morgan fingerprint density at radius 3 is 2.56 bits per heavy atom. The molecule has 0 aliphatic carbocycles. The monoisotopic (exact) mass is 461 g/mol. The average Bonchev–Trinajstić information content (AvgIpc) is 3.29. The van der Waals surface area contributed by atoms with Crippen molar-refractivity contribution in [2.45, 2.75) is 71.6 Å². The molecule has 3 aromatic rings. The van der Waals surface area contributed by atoms with Gasteiger partial charge in [-0.2, -0.15) is 10.4 Å². The van der Waals surface area contributed by atoms with E-state index >= 15 is 0 Å². The van der Waals surface area contributed by atoms with E-state index in [1.54, 1.807) is 28.6 Å². The standard InChI is InChI=1S/C26H35N7O/c1-6-20-10-9-19(14-28-20)18(4)32-15-22(8-3)33(16-21(32)7-2)23-13-25(34)30(5)24-17-31(12-11-27)29-26(23)24/h9-10,13-14,17-18,21-22H,6-8,12,15-16H2,1-5H3/t18-,21-,22+/m1/s1. The number of pyridine rings is 2. The van der Waals surface area contributed by atoms with Gasteiger partial charge in [0.2, 0.25) is 0 Å². The smallest absolute Gasteiger partial charge is 0.252 e. The summed E-state index contributed by atoms with van der Waals surface area (Å²) in [5, 5.41) is 13.8. The Morgan fingerprint density at radius 1 is 1.18 bits per heavy atom. The minimum atomic E-state index is -0.0557. The molecule has 0 bridgehead atoms. The number of anilines is 1. The van der Waals surface area contributed by atoms with Crippen LogP contribution in [0.3, 0.4) is 0 Å². The van der Waals surface area contributed by atoms with Crippen LogP contribution in [-0.4, -0.2) is 49.4 Å². The van der Waals surface area contributed by atoms with Crippen LogP contribution in [0.2, 0.25) is 0 Å². The van der Waals surface area contributed by atoms with E-state index in [4.69, 9.17) is 5.26 Å². The van der Waals surface area contributed by atoms with Gasteiger partial charge in [0.1, 0.15) is 12.1 Å². The third kappa shape index (κ3) is 4.32. The third-order valence-corrected chi connectivity index (χ3v) is 7.35. The van der Waals surface area contributed by atoms with Crippen LogP contribution in [0.25, 0.3) is 11.0 Å². The fourth-order valence-electron chi connectivity index (χ4n) is 5.15. The van der Waals surface area contributed by atoms with Gasteiger partial charge in [0.25, 0.3) is 5.56 Å². The van der Waals surface area contributed by atoms with Gasteiger partial charge in [-0.25, -0.2) is 0 Å². The molecular weight excluding hydrogens is 426 g/mol. The molecule has 3 aromatic heterocycles. The minimum absolute atomic E-state index is 0.0557. The number of piperazine rings is 1. The summed E-state index contributed by atoms with van der Waals surface area (Å²) >= 11 is 0. The number of hydrogen-bond acceptors (Lipinski definition) is 6. The van der Waals surface area contributed by atoms with Gasteiger partial charge in [-0.05, 0) is 37.8 Å². The van der Waals surface area contributed by atoms with E-state index in [0.717, 1.165) is 54.8 Å². The first-order valence-electron chi connectivity index (χ1n) is 12.3. The molecule has 34 heavy (non-hydrogen) atoms. The molecule has 8 nitrogen and oxygen atoms in total. The maximum atomic E-state index is 12.8. The largest absolute Gasteiger partial charge is 0.364 e. The molecule has 0 aromatic carbocycles. The summed E-state index contributed by atoms with van der Waals surface area (Å²) in [6.45, 7) is 10.7. The number of nitrogens with zero attached hydrogens (tertiary/aromatic N) is 7. The minimum Gasteiger partial charge on any atom is -0.364 e. The Hall–Kier alpha value is -3.18. The molecule has 3 atom stereocenters. The topological polar surface area (TPSA) is 83.0 Å². The zero-order chi connectivity index (χ0) is 24.4. The second-order valence-electron chi connectivity index (χ2n) is 9.23. The van der Waals surface area contributed by atoms with Gasteiger partial charge in [0, 0.05) is 56.2 Å². The molecule has 0 unspecified atom stereocenters. The maximum absolute atomic E-state index is 12.8. The zero-order valence-electron chi connectivity index (χ0n) is 20.9. The van der Waals surface area contributed by atoms with E-state index in [2.05, 4.69) is 65.8 Å². The van der Waals surface area contributed by atoms with Gasteiger partial charge in [0.05, 0.1) is 23.5 Å². The molecular formula is C26H35N7O. The Bertz CT molecular complexity index is 1240. The van der Waals surface area contributed by atoms with Crippen LogP contribution < -0.4 is 10.5 Å². The quantitative estimate of drug-likeness (QED) is 0.534. The zero-order valence-corrected chi connectivity index (χ0v) is 20.9. The molecule has 1 aliphatic heterocycles. The lowest BCUT2D eigenvalue weighted by molar-refractivity contribution is 0.101. The number of hydrogen-bond donors (Lipinski definition) is 0. The van der Waals surface area contributed by atoms with Gasteiger partial charge in [-0.3, -0.25) is 19.4 Å². The molecule has 0 amide bonds. The highest BCUT2D eigenvalue weighted by atomic mass is 16.1. The summed E-state index contributed by atoms with van der Waals surface area (Å²) in [5.41, 5.74) is 4.72. The lowest BCUT2D eigenvalue weighted by Gasteiger charge is -2.49. The first-order chi connectivity index (χ1) is 16.4. The van der Waals surface area contributed by atoms with Crippen LogP contribution in [0.1, 0.15) is 57.8 Å². The van der Waals surface area contributed by atoms with Crippen LogP contribution in [0.15, 0.2) is 35.4 Å². The summed E-state index contributed by atoms with van der Waals surface area (Å²) in [6.07, 6.45) is 6.73. The van der Waals surface area contributed by atoms with Gasteiger partial charge < -0.3 is 9.47 Å². The number of rotatable bonds is 7. The van der Waals surface area contributed by atoms with Crippen LogP contribution in [-0.2, 0) is 20.0 Å². The predicted octanol–water partition coefficient (Wildman–Crippen LogP) is 3.66. The fourth-order valence-corrected chi connectivity index (χ4v) is 5.15. The van der Waals surface area contributed by atoms with Crippen LogP contribution in [0.4, 0.5) is 5.69 Å². The summed E-state index contributed by atoms with van der Waals surface area (Å²) in [7, 11) is 1.76. The van der Waals surface area contributed by atoms with E-state index in [0.29, 0.717) is 6.04 Å². The Morgan fingerprint density at radius 2 is 1.94 bits per heavy atom. The van der Waals surface area contributed by atoms with E-state index in [1.165, 1.54) is 5.56 Å². The van der Waals surface area contributed by atoms with Crippen molar-refractivity contribution in [3.8, 4) is 6.07 Å². The summed E-state index contributed by atoms with van der Waals surface area (Å²) in [4.78, 5) is 22.4. The van der Waals surface area contributed by atoms with Crippen molar-refractivity contribution in [1.29, 1.82) is 5.26 Å². The Kier molecular flexibility index (Phi) is 7.03. The van der Waals surface area contributed by atoms with Crippen molar-refractivity contribution in [3.63, 3.8) is 0 Å². The van der Waals surface area contributed by atoms with E-state index in [-0.39, 0.29) is 24.2 Å². The molecule has 0 saturated carbocycles. The van der Waals surface area contributed by atoms with Gasteiger partial charge in [-0.15, -0.1) is 0 Å². The summed E-state index contributed by atoms with van der Waals surface area (Å²) in [5.74, 6) is 0. The van der Waals surface area contributed by atoms with Gasteiger partial charge >= 0.3 is 0 Å². The van der Waals surface area contributed by atoms with Gasteiger partial charge in [-0.1, -0.05) is 26.8 Å².